The Kier molecular flexibility index (Phi) is 4.73. The summed E-state index contributed by atoms with van der Waals surface area (Å²) in [6.45, 7) is 1.02. The quantitative estimate of drug-likeness (QED) is 0.674. The number of nitrogens with zero attached hydrogens (tertiary/aromatic N) is 1. The van der Waals surface area contributed by atoms with Crippen molar-refractivity contribution in [2.45, 2.75) is 24.5 Å². The Labute approximate surface area is 97.1 Å². The summed E-state index contributed by atoms with van der Waals surface area (Å²) >= 11 is 0. The molecule has 1 rings (SSSR count). The molecule has 1 atom stereocenters. The SMILES string of the molecule is CN(C)C(=O)CCNCC1CCCS1(=O)=O. The summed E-state index contributed by atoms with van der Waals surface area (Å²) in [5, 5.41) is 2.79. The second-order valence-electron chi connectivity index (χ2n) is 4.37. The topological polar surface area (TPSA) is 66.5 Å². The molecule has 94 valence electrons. The smallest absolute Gasteiger partial charge is 0.223 e. The number of carbonyl (C=O) groups excluding carboxylic acids is 1. The maximum absolute atomic E-state index is 11.5. The average Bonchev–Trinajstić information content (AvgIpc) is 2.52. The number of carbonyl (C=O) groups is 1. The van der Waals surface area contributed by atoms with Gasteiger partial charge in [-0.2, -0.15) is 0 Å². The summed E-state index contributed by atoms with van der Waals surface area (Å²) in [4.78, 5) is 12.8. The fraction of sp³-hybridized carbons (Fsp3) is 0.900. The molecule has 0 aromatic heterocycles. The molecule has 1 heterocycles. The molecule has 1 aliphatic heterocycles. The summed E-state index contributed by atoms with van der Waals surface area (Å²) in [5.41, 5.74) is 0. The van der Waals surface area contributed by atoms with Crippen molar-refractivity contribution in [1.82, 2.24) is 10.2 Å². The Morgan fingerprint density at radius 2 is 2.12 bits per heavy atom. The van der Waals surface area contributed by atoms with Crippen LogP contribution in [0.15, 0.2) is 0 Å². The predicted molar refractivity (Wildman–Crippen MR) is 63.0 cm³/mol. The molecule has 5 nitrogen and oxygen atoms in total. The lowest BCUT2D eigenvalue weighted by molar-refractivity contribution is -0.128. The van der Waals surface area contributed by atoms with Gasteiger partial charge in [-0.3, -0.25) is 4.79 Å². The van der Waals surface area contributed by atoms with E-state index in [9.17, 15) is 13.2 Å². The molecular formula is C10H20N2O3S. The second kappa shape index (κ2) is 5.63. The number of sulfone groups is 1. The van der Waals surface area contributed by atoms with E-state index in [1.54, 1.807) is 14.1 Å². The van der Waals surface area contributed by atoms with Crippen molar-refractivity contribution < 1.29 is 13.2 Å². The van der Waals surface area contributed by atoms with Crippen LogP contribution in [0.2, 0.25) is 0 Å². The minimum absolute atomic E-state index is 0.0572. The maximum Gasteiger partial charge on any atom is 0.223 e. The Bertz CT molecular complexity index is 338. The first kappa shape index (κ1) is 13.4. The Morgan fingerprint density at radius 1 is 1.44 bits per heavy atom. The fourth-order valence-corrected chi connectivity index (χ4v) is 3.57. The summed E-state index contributed by atoms with van der Waals surface area (Å²) < 4.78 is 23.0. The lowest BCUT2D eigenvalue weighted by Crippen LogP contribution is -2.33. The molecule has 0 aromatic rings. The molecule has 0 saturated carbocycles. The highest BCUT2D eigenvalue weighted by molar-refractivity contribution is 7.92. The largest absolute Gasteiger partial charge is 0.349 e. The molecule has 0 spiro atoms. The highest BCUT2D eigenvalue weighted by atomic mass is 32.2. The van der Waals surface area contributed by atoms with Gasteiger partial charge in [0, 0.05) is 33.6 Å². The summed E-state index contributed by atoms with van der Waals surface area (Å²) in [6, 6.07) is 0. The van der Waals surface area contributed by atoms with Crippen LogP contribution in [0.3, 0.4) is 0 Å². The van der Waals surface area contributed by atoms with Crippen molar-refractivity contribution in [1.29, 1.82) is 0 Å². The fourth-order valence-electron chi connectivity index (χ4n) is 1.77. The zero-order valence-corrected chi connectivity index (χ0v) is 10.7. The molecule has 1 fully saturated rings. The third-order valence-corrected chi connectivity index (χ3v) is 5.13. The third-order valence-electron chi connectivity index (χ3n) is 2.85. The third kappa shape index (κ3) is 3.75. The van der Waals surface area contributed by atoms with E-state index >= 15 is 0 Å². The van der Waals surface area contributed by atoms with Gasteiger partial charge in [-0.25, -0.2) is 8.42 Å². The van der Waals surface area contributed by atoms with Gasteiger partial charge in [-0.1, -0.05) is 0 Å². The average molecular weight is 248 g/mol. The van der Waals surface area contributed by atoms with E-state index in [0.717, 1.165) is 12.8 Å². The number of hydrogen-bond acceptors (Lipinski definition) is 4. The van der Waals surface area contributed by atoms with E-state index in [4.69, 9.17) is 0 Å². The Balaban J connectivity index is 2.19. The molecule has 1 amide bonds. The molecular weight excluding hydrogens is 228 g/mol. The first-order valence-corrected chi connectivity index (χ1v) is 7.27. The number of amides is 1. The minimum atomic E-state index is -2.86. The maximum atomic E-state index is 11.5. The molecule has 0 aliphatic carbocycles. The molecule has 1 N–H and O–H groups in total. The van der Waals surface area contributed by atoms with Gasteiger partial charge in [0.25, 0.3) is 0 Å². The lowest BCUT2D eigenvalue weighted by atomic mass is 10.2. The highest BCUT2D eigenvalue weighted by Crippen LogP contribution is 2.18. The second-order valence-corrected chi connectivity index (χ2v) is 6.77. The molecule has 6 heteroatoms. The summed E-state index contributed by atoms with van der Waals surface area (Å²) in [7, 11) is 0.562. The first-order chi connectivity index (χ1) is 7.43. The predicted octanol–water partition coefficient (Wildman–Crippen LogP) is -0.368. The zero-order valence-electron chi connectivity index (χ0n) is 9.90. The van der Waals surface area contributed by atoms with E-state index < -0.39 is 9.84 Å². The van der Waals surface area contributed by atoms with E-state index in [0.29, 0.717) is 25.3 Å². The van der Waals surface area contributed by atoms with Gasteiger partial charge in [0.2, 0.25) is 5.91 Å². The van der Waals surface area contributed by atoms with Crippen molar-refractivity contribution in [2.75, 3.05) is 32.9 Å². The molecule has 0 aromatic carbocycles. The molecule has 1 saturated heterocycles. The molecule has 1 aliphatic rings. The van der Waals surface area contributed by atoms with Crippen LogP contribution in [0, 0.1) is 0 Å². The standard InChI is InChI=1S/C10H20N2O3S/c1-12(2)10(13)5-6-11-8-9-4-3-7-16(9,14)15/h9,11H,3-8H2,1-2H3. The van der Waals surface area contributed by atoms with Crippen LogP contribution in [0.25, 0.3) is 0 Å². The summed E-state index contributed by atoms with van der Waals surface area (Å²) in [5.74, 6) is 0.373. The van der Waals surface area contributed by atoms with Gasteiger partial charge in [0.05, 0.1) is 11.0 Å². The minimum Gasteiger partial charge on any atom is -0.349 e. The Hall–Kier alpha value is -0.620. The lowest BCUT2D eigenvalue weighted by Gasteiger charge is -2.12. The van der Waals surface area contributed by atoms with Crippen molar-refractivity contribution in [3.8, 4) is 0 Å². The zero-order chi connectivity index (χ0) is 12.2. The number of rotatable bonds is 5. The van der Waals surface area contributed by atoms with E-state index in [-0.39, 0.29) is 11.2 Å². The first-order valence-electron chi connectivity index (χ1n) is 5.56. The van der Waals surface area contributed by atoms with Crippen molar-refractivity contribution in [2.24, 2.45) is 0 Å². The highest BCUT2D eigenvalue weighted by Gasteiger charge is 2.30. The molecule has 0 radical (unpaired) electrons. The van der Waals surface area contributed by atoms with Crippen LogP contribution in [0.5, 0.6) is 0 Å². The van der Waals surface area contributed by atoms with Gasteiger partial charge >= 0.3 is 0 Å². The van der Waals surface area contributed by atoms with Crippen LogP contribution in [-0.4, -0.2) is 57.4 Å². The van der Waals surface area contributed by atoms with E-state index in [1.807, 2.05) is 0 Å². The van der Waals surface area contributed by atoms with Crippen LogP contribution in [-0.2, 0) is 14.6 Å². The molecule has 16 heavy (non-hydrogen) atoms. The normalized spacial score (nSPS) is 23.2. The van der Waals surface area contributed by atoms with Gasteiger partial charge in [0.15, 0.2) is 9.84 Å². The Morgan fingerprint density at radius 3 is 2.62 bits per heavy atom. The van der Waals surface area contributed by atoms with Crippen molar-refractivity contribution in [3.05, 3.63) is 0 Å². The van der Waals surface area contributed by atoms with E-state index in [2.05, 4.69) is 5.32 Å². The van der Waals surface area contributed by atoms with Crippen molar-refractivity contribution in [3.63, 3.8) is 0 Å². The van der Waals surface area contributed by atoms with Gasteiger partial charge in [-0.05, 0) is 12.8 Å². The van der Waals surface area contributed by atoms with Gasteiger partial charge < -0.3 is 10.2 Å². The van der Waals surface area contributed by atoms with Crippen LogP contribution in [0.1, 0.15) is 19.3 Å². The van der Waals surface area contributed by atoms with Crippen LogP contribution < -0.4 is 5.32 Å². The van der Waals surface area contributed by atoms with Gasteiger partial charge in [0.1, 0.15) is 0 Å². The van der Waals surface area contributed by atoms with Crippen LogP contribution in [0.4, 0.5) is 0 Å². The van der Waals surface area contributed by atoms with Crippen LogP contribution >= 0.6 is 0 Å². The molecule has 0 bridgehead atoms. The number of hydrogen-bond donors (Lipinski definition) is 1. The number of nitrogens with one attached hydrogen (secondary N) is 1. The van der Waals surface area contributed by atoms with E-state index in [1.165, 1.54) is 4.90 Å². The van der Waals surface area contributed by atoms with Crippen molar-refractivity contribution >= 4 is 15.7 Å². The molecule has 1 unspecified atom stereocenters. The summed E-state index contributed by atoms with van der Waals surface area (Å²) in [6.07, 6.45) is 1.93. The monoisotopic (exact) mass is 248 g/mol. The van der Waals surface area contributed by atoms with Gasteiger partial charge in [-0.15, -0.1) is 0 Å².